The lowest BCUT2D eigenvalue weighted by atomic mass is 9.78. The molecule has 3 atom stereocenters. The standard InChI is InChI=1S/C28H36F3N3O2/c1-17-7-10-24(26(35)32-17)34-16-22-21(27(34)36)9-8-19(25(22)29)15-18-5-3-4-6-23(18)33(2)20-11-13-28(30,31)14-12-20/h8-9,18,20,23-24H,1,3-7,10-16H2,2H3,(H,32,35)/t18-,23+,24?/m1/s1. The van der Waals surface area contributed by atoms with Crippen LogP contribution in [0.4, 0.5) is 13.2 Å². The van der Waals surface area contributed by atoms with E-state index in [1.807, 2.05) is 0 Å². The van der Waals surface area contributed by atoms with Crippen molar-refractivity contribution in [3.8, 4) is 0 Å². The first-order chi connectivity index (χ1) is 17.1. The number of amides is 2. The Bertz CT molecular complexity index is 1050. The number of allylic oxidation sites excluding steroid dienone is 1. The molecule has 5 nitrogen and oxygen atoms in total. The molecule has 1 N–H and O–H groups in total. The Balaban J connectivity index is 1.30. The van der Waals surface area contributed by atoms with Crippen LogP contribution in [0.25, 0.3) is 0 Å². The summed E-state index contributed by atoms with van der Waals surface area (Å²) in [6.07, 6.45) is 6.68. The minimum atomic E-state index is -2.55. The zero-order valence-corrected chi connectivity index (χ0v) is 21.0. The summed E-state index contributed by atoms with van der Waals surface area (Å²) in [5.41, 5.74) is 1.96. The van der Waals surface area contributed by atoms with Gasteiger partial charge in [0.15, 0.2) is 0 Å². The van der Waals surface area contributed by atoms with Gasteiger partial charge in [-0.05, 0) is 69.5 Å². The predicted octanol–water partition coefficient (Wildman–Crippen LogP) is 5.18. The van der Waals surface area contributed by atoms with Crippen LogP contribution in [-0.4, -0.2) is 52.7 Å². The molecule has 1 aromatic rings. The summed E-state index contributed by atoms with van der Waals surface area (Å²) in [6.45, 7) is 3.89. The average Bonchev–Trinajstić information content (AvgIpc) is 3.17. The maximum absolute atomic E-state index is 15.8. The van der Waals surface area contributed by atoms with Crippen LogP contribution in [0, 0.1) is 11.7 Å². The molecule has 0 radical (unpaired) electrons. The van der Waals surface area contributed by atoms with Gasteiger partial charge in [-0.3, -0.25) is 9.59 Å². The van der Waals surface area contributed by atoms with E-state index in [0.717, 1.165) is 25.7 Å². The second-order valence-corrected chi connectivity index (χ2v) is 11.2. The first-order valence-corrected chi connectivity index (χ1v) is 13.3. The van der Waals surface area contributed by atoms with Crippen molar-refractivity contribution >= 4 is 11.8 Å². The molecule has 1 saturated heterocycles. The highest BCUT2D eigenvalue weighted by Crippen LogP contribution is 2.39. The summed E-state index contributed by atoms with van der Waals surface area (Å²) in [7, 11) is 2.05. The number of carbonyl (C=O) groups excluding carboxylic acids is 2. The molecule has 2 saturated carbocycles. The van der Waals surface area contributed by atoms with Gasteiger partial charge in [-0.15, -0.1) is 0 Å². The van der Waals surface area contributed by atoms with Gasteiger partial charge in [-0.25, -0.2) is 13.2 Å². The summed E-state index contributed by atoms with van der Waals surface area (Å²) in [6, 6.07) is 3.20. The van der Waals surface area contributed by atoms with Gasteiger partial charge < -0.3 is 15.1 Å². The number of nitrogens with one attached hydrogen (secondary N) is 1. The van der Waals surface area contributed by atoms with Crippen molar-refractivity contribution in [3.05, 3.63) is 46.9 Å². The van der Waals surface area contributed by atoms with Gasteiger partial charge in [-0.1, -0.05) is 25.5 Å². The lowest BCUT2D eigenvalue weighted by molar-refractivity contribution is -0.126. The fraction of sp³-hybridized carbons (Fsp3) is 0.643. The van der Waals surface area contributed by atoms with Crippen LogP contribution in [-0.2, 0) is 17.8 Å². The molecule has 0 aromatic heterocycles. The highest BCUT2D eigenvalue weighted by molar-refractivity contribution is 6.01. The molecule has 5 rings (SSSR count). The predicted molar refractivity (Wildman–Crippen MR) is 131 cm³/mol. The molecule has 0 bridgehead atoms. The molecular formula is C28H36F3N3O2. The van der Waals surface area contributed by atoms with E-state index in [1.54, 1.807) is 12.1 Å². The molecule has 4 aliphatic rings. The number of benzene rings is 1. The summed E-state index contributed by atoms with van der Waals surface area (Å²) in [4.78, 5) is 29.3. The third-order valence-electron chi connectivity index (χ3n) is 8.98. The van der Waals surface area contributed by atoms with E-state index in [0.29, 0.717) is 54.5 Å². The summed E-state index contributed by atoms with van der Waals surface area (Å²) in [5.74, 6) is -3.21. The molecule has 0 spiro atoms. The second-order valence-electron chi connectivity index (χ2n) is 11.2. The van der Waals surface area contributed by atoms with Gasteiger partial charge >= 0.3 is 0 Å². The maximum Gasteiger partial charge on any atom is 0.255 e. The largest absolute Gasteiger partial charge is 0.329 e. The Morgan fingerprint density at radius 2 is 1.83 bits per heavy atom. The van der Waals surface area contributed by atoms with Crippen LogP contribution in [0.1, 0.15) is 85.7 Å². The number of hydrogen-bond acceptors (Lipinski definition) is 3. The van der Waals surface area contributed by atoms with Gasteiger partial charge in [0, 0.05) is 41.7 Å². The maximum atomic E-state index is 15.8. The minimum absolute atomic E-state index is 0.0590. The molecule has 1 aromatic carbocycles. The molecule has 2 heterocycles. The van der Waals surface area contributed by atoms with Crippen LogP contribution in [0.3, 0.4) is 0 Å². The fourth-order valence-corrected chi connectivity index (χ4v) is 6.84. The molecule has 36 heavy (non-hydrogen) atoms. The van der Waals surface area contributed by atoms with Crippen LogP contribution in [0.2, 0.25) is 0 Å². The fourth-order valence-electron chi connectivity index (χ4n) is 6.84. The van der Waals surface area contributed by atoms with Crippen molar-refractivity contribution in [2.24, 2.45) is 5.92 Å². The van der Waals surface area contributed by atoms with E-state index in [4.69, 9.17) is 0 Å². The lowest BCUT2D eigenvalue weighted by Crippen LogP contribution is -2.49. The SMILES string of the molecule is C=C1CCC(N2Cc3c(ccc(C[C@H]4CCCC[C@@H]4N(C)C4CCC(F)(F)CC4)c3F)C2=O)C(=O)N1. The number of halogens is 3. The number of carbonyl (C=O) groups is 2. The van der Waals surface area contributed by atoms with Gasteiger partial charge in [0.05, 0.1) is 6.54 Å². The van der Waals surface area contributed by atoms with Crippen molar-refractivity contribution in [1.29, 1.82) is 0 Å². The highest BCUT2D eigenvalue weighted by Gasteiger charge is 2.41. The number of alkyl halides is 2. The van der Waals surface area contributed by atoms with Crippen LogP contribution < -0.4 is 5.32 Å². The Labute approximate surface area is 211 Å². The van der Waals surface area contributed by atoms with E-state index in [9.17, 15) is 18.4 Å². The topological polar surface area (TPSA) is 52.7 Å². The molecular weight excluding hydrogens is 467 g/mol. The monoisotopic (exact) mass is 503 g/mol. The van der Waals surface area contributed by atoms with Crippen LogP contribution >= 0.6 is 0 Å². The van der Waals surface area contributed by atoms with Gasteiger partial charge in [-0.2, -0.15) is 0 Å². The quantitative estimate of drug-likeness (QED) is 0.602. The van der Waals surface area contributed by atoms with E-state index >= 15 is 4.39 Å². The number of nitrogens with zero attached hydrogens (tertiary/aromatic N) is 2. The Morgan fingerprint density at radius 3 is 2.56 bits per heavy atom. The molecule has 3 fully saturated rings. The molecule has 8 heteroatoms. The number of fused-ring (bicyclic) bond motifs is 1. The van der Waals surface area contributed by atoms with Crippen LogP contribution in [0.5, 0.6) is 0 Å². The van der Waals surface area contributed by atoms with Gasteiger partial charge in [0.25, 0.3) is 5.91 Å². The molecule has 2 amide bonds. The molecule has 1 unspecified atom stereocenters. The zero-order valence-electron chi connectivity index (χ0n) is 21.0. The van der Waals surface area contributed by atoms with Crippen LogP contribution in [0.15, 0.2) is 24.4 Å². The lowest BCUT2D eigenvalue weighted by Gasteiger charge is -2.44. The van der Waals surface area contributed by atoms with Crippen molar-refractivity contribution in [2.45, 2.75) is 101 Å². The van der Waals surface area contributed by atoms with Crippen molar-refractivity contribution in [2.75, 3.05) is 7.05 Å². The van der Waals surface area contributed by atoms with Crippen molar-refractivity contribution in [1.82, 2.24) is 15.1 Å². The van der Waals surface area contributed by atoms with Gasteiger partial charge in [0.1, 0.15) is 11.9 Å². The third kappa shape index (κ3) is 4.81. The molecule has 2 aliphatic heterocycles. The summed E-state index contributed by atoms with van der Waals surface area (Å²) >= 11 is 0. The zero-order chi connectivity index (χ0) is 25.6. The number of rotatable bonds is 5. The first kappa shape index (κ1) is 25.3. The number of piperidine rings is 1. The van der Waals surface area contributed by atoms with Gasteiger partial charge in [0.2, 0.25) is 11.8 Å². The highest BCUT2D eigenvalue weighted by atomic mass is 19.3. The molecule has 2 aliphatic carbocycles. The molecule has 196 valence electrons. The first-order valence-electron chi connectivity index (χ1n) is 13.3. The summed E-state index contributed by atoms with van der Waals surface area (Å²) < 4.78 is 43.2. The van der Waals surface area contributed by atoms with E-state index in [1.165, 1.54) is 4.90 Å². The smallest absolute Gasteiger partial charge is 0.255 e. The number of hydrogen-bond donors (Lipinski definition) is 1. The normalized spacial score (nSPS) is 29.0. The van der Waals surface area contributed by atoms with E-state index in [-0.39, 0.29) is 55.0 Å². The van der Waals surface area contributed by atoms with E-state index in [2.05, 4.69) is 23.8 Å². The minimum Gasteiger partial charge on any atom is -0.329 e. The Morgan fingerprint density at radius 1 is 1.11 bits per heavy atom. The third-order valence-corrected chi connectivity index (χ3v) is 8.98. The van der Waals surface area contributed by atoms with E-state index < -0.39 is 12.0 Å². The van der Waals surface area contributed by atoms with Crippen molar-refractivity contribution in [3.63, 3.8) is 0 Å². The Kier molecular flexibility index (Phi) is 6.92. The second kappa shape index (κ2) is 9.84. The Hall–Kier alpha value is -2.35. The average molecular weight is 504 g/mol. The van der Waals surface area contributed by atoms with Crippen molar-refractivity contribution < 1.29 is 22.8 Å². The summed E-state index contributed by atoms with van der Waals surface area (Å²) in [5, 5.41) is 2.71.